The number of halogens is 1. The van der Waals surface area contributed by atoms with Crippen molar-refractivity contribution in [3.63, 3.8) is 0 Å². The van der Waals surface area contributed by atoms with Crippen LogP contribution in [0, 0.1) is 5.41 Å². The normalized spacial score (nSPS) is 18.2. The first kappa shape index (κ1) is 36.1. The summed E-state index contributed by atoms with van der Waals surface area (Å²) in [6, 6.07) is 7.37. The van der Waals surface area contributed by atoms with Crippen molar-refractivity contribution in [3.05, 3.63) is 41.7 Å². The van der Waals surface area contributed by atoms with Gasteiger partial charge >= 0.3 is 0 Å². The van der Waals surface area contributed by atoms with Crippen molar-refractivity contribution < 1.29 is 19.1 Å². The highest BCUT2D eigenvalue weighted by Crippen LogP contribution is 2.36. The second kappa shape index (κ2) is 15.1. The average Bonchev–Trinajstić information content (AvgIpc) is 3.57. The predicted octanol–water partition coefficient (Wildman–Crippen LogP) is 3.86. The monoisotopic (exact) mass is 693 g/mol. The van der Waals surface area contributed by atoms with Gasteiger partial charge in [-0.05, 0) is 63.5 Å². The van der Waals surface area contributed by atoms with E-state index in [0.29, 0.717) is 52.6 Å². The van der Waals surface area contributed by atoms with Gasteiger partial charge in [-0.25, -0.2) is 9.97 Å². The van der Waals surface area contributed by atoms with Crippen molar-refractivity contribution in [2.45, 2.75) is 58.7 Å². The minimum atomic E-state index is -0.811. The maximum absolute atomic E-state index is 13.9. The molecule has 2 saturated heterocycles. The number of ether oxygens (including phenoxy) is 1. The van der Waals surface area contributed by atoms with Gasteiger partial charge in [0.25, 0.3) is 0 Å². The summed E-state index contributed by atoms with van der Waals surface area (Å²) in [6.45, 7) is 11.6. The van der Waals surface area contributed by atoms with Gasteiger partial charge in [0.1, 0.15) is 30.0 Å². The summed E-state index contributed by atoms with van der Waals surface area (Å²) in [5.74, 6) is 0.0376. The zero-order valence-electron chi connectivity index (χ0n) is 29.4. The van der Waals surface area contributed by atoms with Crippen LogP contribution in [-0.4, -0.2) is 110 Å². The predicted molar refractivity (Wildman–Crippen MR) is 194 cm³/mol. The number of hydrogen-bond acceptors (Lipinski definition) is 10. The molecule has 2 aliphatic rings. The van der Waals surface area contributed by atoms with E-state index in [-0.39, 0.29) is 17.7 Å². The first-order valence-electron chi connectivity index (χ1n) is 16.7. The van der Waals surface area contributed by atoms with Crippen LogP contribution in [-0.2, 0) is 14.4 Å². The molecule has 0 saturated carbocycles. The van der Waals surface area contributed by atoms with E-state index in [1.165, 1.54) is 13.4 Å². The third-order valence-corrected chi connectivity index (χ3v) is 9.64. The molecule has 3 heterocycles. The number of likely N-dealkylation sites (N-methyl/N-ethyl adjacent to an activating group) is 2. The molecule has 5 rings (SSSR count). The Morgan fingerprint density at radius 3 is 2.43 bits per heavy atom. The van der Waals surface area contributed by atoms with Crippen LogP contribution in [0.5, 0.6) is 5.75 Å². The van der Waals surface area contributed by atoms with Gasteiger partial charge in [0.15, 0.2) is 0 Å². The summed E-state index contributed by atoms with van der Waals surface area (Å²) >= 11 is 6.75. The lowest BCUT2D eigenvalue weighted by atomic mass is 9.85. The van der Waals surface area contributed by atoms with Crippen molar-refractivity contribution in [3.8, 4) is 5.75 Å². The summed E-state index contributed by atoms with van der Waals surface area (Å²) in [7, 11) is 5.33. The van der Waals surface area contributed by atoms with Gasteiger partial charge in [-0.3, -0.25) is 14.4 Å². The molecule has 0 radical (unpaired) electrons. The molecule has 0 aliphatic carbocycles. The lowest BCUT2D eigenvalue weighted by molar-refractivity contribution is -0.143. The molecule has 2 aliphatic heterocycles. The van der Waals surface area contributed by atoms with Crippen LogP contribution in [0.25, 0.3) is 10.9 Å². The molecular weight excluding hydrogens is 646 g/mol. The number of hydrogen-bond donors (Lipinski definition) is 4. The number of nitrogens with one attached hydrogen (secondary N) is 4. The Balaban J connectivity index is 1.37. The number of piperazine rings is 1. The fraction of sp³-hybridized carbons (Fsp3) is 0.514. The van der Waals surface area contributed by atoms with Gasteiger partial charge in [-0.2, -0.15) is 0 Å². The second-order valence-corrected chi connectivity index (χ2v) is 14.3. The molecule has 3 aromatic rings. The van der Waals surface area contributed by atoms with Crippen molar-refractivity contribution in [1.29, 1.82) is 0 Å². The van der Waals surface area contributed by atoms with Gasteiger partial charge in [-0.15, -0.1) is 0 Å². The molecule has 49 heavy (non-hydrogen) atoms. The van der Waals surface area contributed by atoms with Crippen LogP contribution < -0.4 is 30.9 Å². The third kappa shape index (κ3) is 8.17. The maximum Gasteiger partial charge on any atom is 0.247 e. The summed E-state index contributed by atoms with van der Waals surface area (Å²) < 4.78 is 5.65. The Hall–Kier alpha value is -4.20. The van der Waals surface area contributed by atoms with E-state index in [4.69, 9.17) is 16.3 Å². The van der Waals surface area contributed by atoms with Crippen molar-refractivity contribution in [1.82, 2.24) is 30.4 Å². The molecule has 0 spiro atoms. The molecule has 13 nitrogen and oxygen atoms in total. The number of methoxy groups -OCH3 is 1. The molecule has 264 valence electrons. The summed E-state index contributed by atoms with van der Waals surface area (Å²) in [5, 5.41) is 13.5. The number of amides is 3. The van der Waals surface area contributed by atoms with Crippen LogP contribution >= 0.6 is 11.6 Å². The van der Waals surface area contributed by atoms with Gasteiger partial charge in [0.2, 0.25) is 17.7 Å². The maximum atomic E-state index is 13.9. The van der Waals surface area contributed by atoms with Crippen molar-refractivity contribution in [2.24, 2.45) is 5.41 Å². The minimum absolute atomic E-state index is 0.281. The number of carbonyl (C=O) groups excluding carboxylic acids is 3. The lowest BCUT2D eigenvalue weighted by Gasteiger charge is -2.36. The summed E-state index contributed by atoms with van der Waals surface area (Å²) in [5.41, 5.74) is 2.21. The van der Waals surface area contributed by atoms with E-state index in [1.807, 2.05) is 39.0 Å². The highest BCUT2D eigenvalue weighted by molar-refractivity contribution is 6.33. The van der Waals surface area contributed by atoms with E-state index >= 15 is 0 Å². The molecule has 1 aromatic heterocycles. The lowest BCUT2D eigenvalue weighted by Crippen LogP contribution is -2.59. The van der Waals surface area contributed by atoms with Gasteiger partial charge in [0, 0.05) is 49.9 Å². The highest BCUT2D eigenvalue weighted by Gasteiger charge is 2.42. The van der Waals surface area contributed by atoms with E-state index in [1.54, 1.807) is 31.0 Å². The second-order valence-electron chi connectivity index (χ2n) is 13.9. The number of benzene rings is 2. The summed E-state index contributed by atoms with van der Waals surface area (Å²) in [4.78, 5) is 55.6. The molecule has 3 amide bonds. The van der Waals surface area contributed by atoms with Crippen LogP contribution in [0.2, 0.25) is 5.02 Å². The number of nitrogens with zero attached hydrogens (tertiary/aromatic N) is 5. The molecule has 3 atom stereocenters. The quantitative estimate of drug-likeness (QED) is 0.247. The van der Waals surface area contributed by atoms with Crippen LogP contribution in [0.4, 0.5) is 22.9 Å². The van der Waals surface area contributed by atoms with Crippen molar-refractivity contribution in [2.75, 3.05) is 69.5 Å². The topological polar surface area (TPSA) is 144 Å². The zero-order valence-corrected chi connectivity index (χ0v) is 30.1. The fourth-order valence-corrected chi connectivity index (χ4v) is 6.51. The average molecular weight is 694 g/mol. The molecule has 4 N–H and O–H groups in total. The Labute approximate surface area is 293 Å². The number of carbonyl (C=O) groups is 3. The van der Waals surface area contributed by atoms with Gasteiger partial charge in [-0.1, -0.05) is 32.4 Å². The Kier molecular flexibility index (Phi) is 11.2. The van der Waals surface area contributed by atoms with E-state index < -0.39 is 23.5 Å². The molecular formula is C35H48ClN9O4. The molecule has 14 heteroatoms. The largest absolute Gasteiger partial charge is 0.494 e. The molecule has 0 bridgehead atoms. The fourth-order valence-electron chi connectivity index (χ4n) is 6.21. The first-order chi connectivity index (χ1) is 23.3. The number of aromatic nitrogens is 2. The number of anilines is 4. The van der Waals surface area contributed by atoms with Crippen LogP contribution in [0.3, 0.4) is 0 Å². The summed E-state index contributed by atoms with van der Waals surface area (Å²) in [6.07, 6.45) is 2.62. The Morgan fingerprint density at radius 2 is 1.78 bits per heavy atom. The smallest absolute Gasteiger partial charge is 0.247 e. The van der Waals surface area contributed by atoms with E-state index in [2.05, 4.69) is 48.1 Å². The Bertz CT molecular complexity index is 1690. The van der Waals surface area contributed by atoms with Gasteiger partial charge in [0.05, 0.1) is 35.1 Å². The number of rotatable bonds is 10. The minimum Gasteiger partial charge on any atom is -0.494 e. The number of fused-ring (bicyclic) bond motifs is 1. The first-order valence-corrected chi connectivity index (χ1v) is 17.1. The Morgan fingerprint density at radius 1 is 1.04 bits per heavy atom. The third-order valence-electron chi connectivity index (χ3n) is 9.33. The SMILES string of the molecule is CNC(C)C(=O)NC(C(=O)N1CCCC1C(=O)Nc1cc2c(Nc3ccc(N4CCN(C)CC4)c(Cl)c3)ncnc2cc1OC)C(C)(C)C. The van der Waals surface area contributed by atoms with Gasteiger partial charge < -0.3 is 40.7 Å². The van der Waals surface area contributed by atoms with Crippen LogP contribution in [0.1, 0.15) is 40.5 Å². The number of likely N-dealkylation sites (tertiary alicyclic amines) is 1. The molecule has 2 aromatic carbocycles. The zero-order chi connectivity index (χ0) is 35.5. The highest BCUT2D eigenvalue weighted by atomic mass is 35.5. The molecule has 3 unspecified atom stereocenters. The standard InChI is InChI=1S/C35H48ClN9O4/c1-21(37-5)32(46)42-30(35(2,3)4)34(48)45-12-8-9-28(45)33(47)41-26-18-23-25(19-29(26)49-7)38-20-39-31(23)40-22-10-11-27(24(36)17-22)44-15-13-43(6)14-16-44/h10-11,17-21,28,30,37H,8-9,12-16H2,1-7H3,(H,41,47)(H,42,46)(H,38,39,40). The van der Waals surface area contributed by atoms with Crippen LogP contribution in [0.15, 0.2) is 36.7 Å². The molecule has 2 fully saturated rings. The van der Waals surface area contributed by atoms with E-state index in [0.717, 1.165) is 37.6 Å². The van der Waals surface area contributed by atoms with E-state index in [9.17, 15) is 14.4 Å². The van der Waals surface area contributed by atoms with Crippen molar-refractivity contribution >= 4 is 63.1 Å².